The number of benzene rings is 2. The topological polar surface area (TPSA) is 78.2 Å². The first-order valence-corrected chi connectivity index (χ1v) is 9.93. The summed E-state index contributed by atoms with van der Waals surface area (Å²) in [6.07, 6.45) is 1.58. The van der Waals surface area contributed by atoms with Crippen LogP contribution in [0.4, 0.5) is 11.5 Å². The molecule has 4 rings (SSSR count). The molecule has 0 spiro atoms. The Labute approximate surface area is 179 Å². The number of carbonyl (C=O) groups excluding carboxylic acids is 1. The summed E-state index contributed by atoms with van der Waals surface area (Å²) in [5.74, 6) is 0.210. The number of nitriles is 1. The van der Waals surface area contributed by atoms with Crippen molar-refractivity contribution in [2.24, 2.45) is 0 Å². The third kappa shape index (κ3) is 4.28. The summed E-state index contributed by atoms with van der Waals surface area (Å²) in [5.41, 5.74) is 1.99. The lowest BCUT2D eigenvalue weighted by Crippen LogP contribution is -2.37. The molecule has 0 unspecified atom stereocenters. The van der Waals surface area contributed by atoms with Crippen LogP contribution in [0.25, 0.3) is 17.0 Å². The van der Waals surface area contributed by atoms with Crippen molar-refractivity contribution < 1.29 is 9.53 Å². The molecule has 1 aromatic heterocycles. The molecule has 1 amide bonds. The standard InChI is InChI=1S/C23H19ClN4O2/c24-19-6-2-4-8-21(19)27-23(29)18(15-25)14-17-13-16-5-1-3-7-20(16)26-22(17)28-9-11-30-12-10-28/h1-8,13-14H,9-12H2,(H,27,29)/b18-14+. The molecule has 0 bridgehead atoms. The van der Waals surface area contributed by atoms with Crippen molar-refractivity contribution in [1.29, 1.82) is 5.26 Å². The van der Waals surface area contributed by atoms with Crippen molar-refractivity contribution in [3.8, 4) is 6.07 Å². The molecule has 0 aliphatic carbocycles. The van der Waals surface area contributed by atoms with E-state index in [0.29, 0.717) is 42.6 Å². The first-order chi connectivity index (χ1) is 14.7. The van der Waals surface area contributed by atoms with Crippen LogP contribution in [0.1, 0.15) is 5.56 Å². The Morgan fingerprint density at radius 1 is 1.17 bits per heavy atom. The predicted octanol–water partition coefficient (Wildman–Crippen LogP) is 4.27. The van der Waals surface area contributed by atoms with E-state index in [1.807, 2.05) is 36.4 Å². The van der Waals surface area contributed by atoms with Crippen molar-refractivity contribution in [1.82, 2.24) is 4.98 Å². The molecule has 1 fully saturated rings. The number of pyridine rings is 1. The first-order valence-electron chi connectivity index (χ1n) is 9.56. The van der Waals surface area contributed by atoms with Gasteiger partial charge in [-0.3, -0.25) is 4.79 Å². The summed E-state index contributed by atoms with van der Waals surface area (Å²) in [4.78, 5) is 19.7. The number of rotatable bonds is 4. The second-order valence-electron chi connectivity index (χ2n) is 6.80. The number of ether oxygens (including phenoxy) is 1. The van der Waals surface area contributed by atoms with Crippen LogP contribution in [0.15, 0.2) is 60.2 Å². The lowest BCUT2D eigenvalue weighted by molar-refractivity contribution is -0.112. The molecule has 1 aliphatic heterocycles. The molecule has 1 N–H and O–H groups in total. The fraction of sp³-hybridized carbons (Fsp3) is 0.174. The predicted molar refractivity (Wildman–Crippen MR) is 118 cm³/mol. The van der Waals surface area contributed by atoms with Gasteiger partial charge in [-0.2, -0.15) is 5.26 Å². The van der Waals surface area contributed by atoms with Crippen molar-refractivity contribution in [2.45, 2.75) is 0 Å². The van der Waals surface area contributed by atoms with E-state index in [1.165, 1.54) is 0 Å². The molecular weight excluding hydrogens is 400 g/mol. The largest absolute Gasteiger partial charge is 0.378 e. The minimum Gasteiger partial charge on any atom is -0.378 e. The van der Waals surface area contributed by atoms with Gasteiger partial charge in [0.15, 0.2) is 0 Å². The monoisotopic (exact) mass is 418 g/mol. The van der Waals surface area contributed by atoms with Gasteiger partial charge >= 0.3 is 0 Å². The maximum atomic E-state index is 12.7. The first kappa shape index (κ1) is 19.9. The molecule has 30 heavy (non-hydrogen) atoms. The molecule has 0 radical (unpaired) electrons. The van der Waals surface area contributed by atoms with E-state index in [4.69, 9.17) is 21.3 Å². The van der Waals surface area contributed by atoms with E-state index >= 15 is 0 Å². The normalized spacial score (nSPS) is 14.4. The van der Waals surface area contributed by atoms with Crippen molar-refractivity contribution in [3.05, 3.63) is 70.8 Å². The molecule has 1 aliphatic rings. The van der Waals surface area contributed by atoms with Crippen molar-refractivity contribution in [3.63, 3.8) is 0 Å². The SMILES string of the molecule is N#C/C(=C\c1cc2ccccc2nc1N1CCOCC1)C(=O)Nc1ccccc1Cl. The number of nitrogens with zero attached hydrogens (tertiary/aromatic N) is 3. The number of hydrogen-bond donors (Lipinski definition) is 1. The number of halogens is 1. The minimum absolute atomic E-state index is 0.0264. The number of aromatic nitrogens is 1. The summed E-state index contributed by atoms with van der Waals surface area (Å²) < 4.78 is 5.45. The van der Waals surface area contributed by atoms with Gasteiger partial charge in [-0.05, 0) is 30.3 Å². The average molecular weight is 419 g/mol. The van der Waals surface area contributed by atoms with Gasteiger partial charge in [0.2, 0.25) is 0 Å². The molecule has 1 saturated heterocycles. The quantitative estimate of drug-likeness (QED) is 0.505. The number of carbonyl (C=O) groups is 1. The number of fused-ring (bicyclic) bond motifs is 1. The zero-order chi connectivity index (χ0) is 20.9. The Bertz CT molecular complexity index is 1160. The summed E-state index contributed by atoms with van der Waals surface area (Å²) in [7, 11) is 0. The van der Waals surface area contributed by atoms with Gasteiger partial charge < -0.3 is 15.0 Å². The highest BCUT2D eigenvalue weighted by Gasteiger charge is 2.18. The number of morpholine rings is 1. The number of anilines is 2. The zero-order valence-electron chi connectivity index (χ0n) is 16.1. The highest BCUT2D eigenvalue weighted by atomic mass is 35.5. The van der Waals surface area contributed by atoms with Crippen molar-refractivity contribution in [2.75, 3.05) is 36.5 Å². The number of para-hydroxylation sites is 2. The Morgan fingerprint density at radius 2 is 1.90 bits per heavy atom. The maximum absolute atomic E-state index is 12.7. The Kier molecular flexibility index (Phi) is 5.94. The van der Waals surface area contributed by atoms with E-state index < -0.39 is 5.91 Å². The van der Waals surface area contributed by atoms with Crippen LogP contribution in [0.5, 0.6) is 0 Å². The highest BCUT2D eigenvalue weighted by molar-refractivity contribution is 6.34. The van der Waals surface area contributed by atoms with E-state index in [-0.39, 0.29) is 5.57 Å². The molecular formula is C23H19ClN4O2. The Hall–Kier alpha value is -3.40. The van der Waals surface area contributed by atoms with Crippen LogP contribution in [0.2, 0.25) is 5.02 Å². The van der Waals surface area contributed by atoms with Gasteiger partial charge in [0.05, 0.1) is 29.4 Å². The van der Waals surface area contributed by atoms with Gasteiger partial charge in [0, 0.05) is 24.0 Å². The Balaban J connectivity index is 1.74. The van der Waals surface area contributed by atoms with Gasteiger partial charge in [-0.25, -0.2) is 4.98 Å². The third-order valence-corrected chi connectivity index (χ3v) is 5.16. The van der Waals surface area contributed by atoms with E-state index in [0.717, 1.165) is 16.7 Å². The molecule has 7 heteroatoms. The molecule has 150 valence electrons. The molecule has 6 nitrogen and oxygen atoms in total. The van der Waals surface area contributed by atoms with Crippen LogP contribution < -0.4 is 10.2 Å². The lowest BCUT2D eigenvalue weighted by atomic mass is 10.1. The fourth-order valence-corrected chi connectivity index (χ4v) is 3.50. The third-order valence-electron chi connectivity index (χ3n) is 4.83. The van der Waals surface area contributed by atoms with Crippen LogP contribution in [-0.2, 0) is 9.53 Å². The summed E-state index contributed by atoms with van der Waals surface area (Å²) in [6, 6.07) is 18.6. The molecule has 0 saturated carbocycles. The maximum Gasteiger partial charge on any atom is 0.266 e. The Morgan fingerprint density at radius 3 is 2.67 bits per heavy atom. The van der Waals surface area contributed by atoms with Gasteiger partial charge in [-0.1, -0.05) is 41.9 Å². The number of amides is 1. The second-order valence-corrected chi connectivity index (χ2v) is 7.20. The molecule has 2 aromatic carbocycles. The average Bonchev–Trinajstić information content (AvgIpc) is 2.79. The van der Waals surface area contributed by atoms with Gasteiger partial charge in [0.25, 0.3) is 5.91 Å². The van der Waals surface area contributed by atoms with Gasteiger partial charge in [0.1, 0.15) is 17.5 Å². The number of nitrogens with one attached hydrogen (secondary N) is 1. The van der Waals surface area contributed by atoms with E-state index in [9.17, 15) is 10.1 Å². The smallest absolute Gasteiger partial charge is 0.266 e. The van der Waals surface area contributed by atoms with E-state index in [2.05, 4.69) is 10.2 Å². The molecule has 2 heterocycles. The fourth-order valence-electron chi connectivity index (χ4n) is 3.31. The zero-order valence-corrected chi connectivity index (χ0v) is 16.9. The lowest BCUT2D eigenvalue weighted by Gasteiger charge is -2.29. The van der Waals surface area contributed by atoms with E-state index in [1.54, 1.807) is 30.3 Å². The minimum atomic E-state index is -0.522. The van der Waals surface area contributed by atoms with Gasteiger partial charge in [-0.15, -0.1) is 0 Å². The van der Waals surface area contributed by atoms with Crippen LogP contribution >= 0.6 is 11.6 Å². The van der Waals surface area contributed by atoms with Crippen LogP contribution in [0, 0.1) is 11.3 Å². The summed E-state index contributed by atoms with van der Waals surface area (Å²) in [5, 5.41) is 13.7. The molecule has 0 atom stereocenters. The van der Waals surface area contributed by atoms with Crippen LogP contribution in [0.3, 0.4) is 0 Å². The van der Waals surface area contributed by atoms with Crippen molar-refractivity contribution >= 4 is 46.0 Å². The second kappa shape index (κ2) is 8.95. The van der Waals surface area contributed by atoms with Crippen LogP contribution in [-0.4, -0.2) is 37.2 Å². The summed E-state index contributed by atoms with van der Waals surface area (Å²) >= 11 is 6.12. The molecule has 3 aromatic rings. The highest BCUT2D eigenvalue weighted by Crippen LogP contribution is 2.27. The number of hydrogen-bond acceptors (Lipinski definition) is 5. The summed E-state index contributed by atoms with van der Waals surface area (Å²) in [6.45, 7) is 2.60.